The van der Waals surface area contributed by atoms with E-state index in [1.54, 1.807) is 0 Å². The molecule has 8 heteroatoms. The summed E-state index contributed by atoms with van der Waals surface area (Å²) in [6.07, 6.45) is 0. The zero-order valence-electron chi connectivity index (χ0n) is 10.9. The lowest BCUT2D eigenvalue weighted by Gasteiger charge is -2.11. The molecule has 0 aliphatic carbocycles. The number of carbonyl (C=O) groups is 2. The van der Waals surface area contributed by atoms with E-state index in [-0.39, 0.29) is 5.56 Å². The van der Waals surface area contributed by atoms with Gasteiger partial charge < -0.3 is 15.2 Å². The Morgan fingerprint density at radius 1 is 1.05 bits per heavy atom. The summed E-state index contributed by atoms with van der Waals surface area (Å²) in [5.74, 6) is -2.40. The normalized spacial score (nSPS) is 10.0. The fraction of sp³-hybridized carbons (Fsp3) is 0. The van der Waals surface area contributed by atoms with E-state index in [2.05, 4.69) is 5.32 Å². The zero-order chi connectivity index (χ0) is 16.3. The minimum Gasteiger partial charge on any atom is -0.545 e. The first kappa shape index (κ1) is 15.5. The molecule has 2 aromatic carbocycles. The van der Waals surface area contributed by atoms with Gasteiger partial charge in [-0.05, 0) is 30.3 Å². The molecule has 0 bridgehead atoms. The molecule has 0 atom stereocenters. The number of nitrogens with one attached hydrogen (secondary N) is 1. The van der Waals surface area contributed by atoms with Crippen LogP contribution in [0.1, 0.15) is 20.7 Å². The van der Waals surface area contributed by atoms with Crippen LogP contribution in [0.5, 0.6) is 0 Å². The van der Waals surface area contributed by atoms with E-state index in [4.69, 9.17) is 11.6 Å². The minimum atomic E-state index is -1.60. The predicted molar refractivity (Wildman–Crippen MR) is 76.8 cm³/mol. The van der Waals surface area contributed by atoms with Crippen LogP contribution in [0.4, 0.5) is 11.4 Å². The Bertz CT molecular complexity index is 758. The number of nitro benzene ring substituents is 1. The van der Waals surface area contributed by atoms with Crippen LogP contribution in [0.3, 0.4) is 0 Å². The Hall–Kier alpha value is -2.93. The van der Waals surface area contributed by atoms with E-state index in [1.807, 2.05) is 0 Å². The first-order valence-corrected chi connectivity index (χ1v) is 6.33. The van der Waals surface area contributed by atoms with Crippen molar-refractivity contribution in [2.24, 2.45) is 0 Å². The third kappa shape index (κ3) is 3.39. The average Bonchev–Trinajstić information content (AvgIpc) is 2.48. The van der Waals surface area contributed by atoms with Gasteiger partial charge in [-0.15, -0.1) is 0 Å². The van der Waals surface area contributed by atoms with Crippen molar-refractivity contribution in [3.8, 4) is 0 Å². The summed E-state index contributed by atoms with van der Waals surface area (Å²) in [6.45, 7) is 0. The fourth-order valence-electron chi connectivity index (χ4n) is 1.74. The Morgan fingerprint density at radius 3 is 2.23 bits per heavy atom. The second-order valence-corrected chi connectivity index (χ2v) is 4.67. The topological polar surface area (TPSA) is 112 Å². The fourth-order valence-corrected chi connectivity index (χ4v) is 1.87. The smallest absolute Gasteiger partial charge is 0.270 e. The van der Waals surface area contributed by atoms with Gasteiger partial charge in [0.1, 0.15) is 0 Å². The van der Waals surface area contributed by atoms with Crippen LogP contribution in [0.2, 0.25) is 5.02 Å². The number of rotatable bonds is 4. The number of carbonyl (C=O) groups excluding carboxylic acids is 2. The number of carboxylic acid groups (broad SMARTS) is 1. The quantitative estimate of drug-likeness (QED) is 0.682. The summed E-state index contributed by atoms with van der Waals surface area (Å²) < 4.78 is 0. The van der Waals surface area contributed by atoms with Gasteiger partial charge >= 0.3 is 0 Å². The molecule has 0 aliphatic heterocycles. The number of anilines is 1. The number of aromatic carboxylic acids is 1. The third-order valence-electron chi connectivity index (χ3n) is 2.78. The first-order valence-electron chi connectivity index (χ1n) is 5.95. The number of halogens is 1. The summed E-state index contributed by atoms with van der Waals surface area (Å²) in [6, 6.07) is 8.92. The highest BCUT2D eigenvalue weighted by Gasteiger charge is 2.17. The van der Waals surface area contributed by atoms with Crippen LogP contribution in [-0.4, -0.2) is 16.8 Å². The summed E-state index contributed by atoms with van der Waals surface area (Å²) in [7, 11) is 0. The molecule has 0 aliphatic rings. The summed E-state index contributed by atoms with van der Waals surface area (Å²) in [5.41, 5.74) is -0.822. The molecule has 22 heavy (non-hydrogen) atoms. The van der Waals surface area contributed by atoms with Crippen molar-refractivity contribution in [3.05, 3.63) is 68.7 Å². The van der Waals surface area contributed by atoms with Gasteiger partial charge in [0.05, 0.1) is 16.5 Å². The van der Waals surface area contributed by atoms with E-state index in [0.717, 1.165) is 18.2 Å². The number of non-ortho nitro benzene ring substituents is 1. The molecule has 0 aromatic heterocycles. The highest BCUT2D eigenvalue weighted by Crippen LogP contribution is 2.20. The molecule has 0 saturated carbocycles. The van der Waals surface area contributed by atoms with Gasteiger partial charge in [-0.25, -0.2) is 0 Å². The van der Waals surface area contributed by atoms with Crippen molar-refractivity contribution >= 4 is 34.9 Å². The predicted octanol–water partition coefficient (Wildman–Crippen LogP) is 1.86. The van der Waals surface area contributed by atoms with E-state index < -0.39 is 28.1 Å². The number of benzene rings is 2. The molecule has 1 N–H and O–H groups in total. The van der Waals surface area contributed by atoms with Crippen molar-refractivity contribution in [2.45, 2.75) is 0 Å². The molecule has 0 saturated heterocycles. The van der Waals surface area contributed by atoms with Crippen molar-refractivity contribution < 1.29 is 19.6 Å². The van der Waals surface area contributed by atoms with E-state index in [9.17, 15) is 24.8 Å². The Labute approximate surface area is 129 Å². The third-order valence-corrected chi connectivity index (χ3v) is 3.03. The van der Waals surface area contributed by atoms with E-state index in [0.29, 0.717) is 10.7 Å². The zero-order valence-corrected chi connectivity index (χ0v) is 11.7. The summed E-state index contributed by atoms with van der Waals surface area (Å²) in [5, 5.41) is 24.7. The first-order chi connectivity index (χ1) is 10.4. The number of amides is 1. The SMILES string of the molecule is O=C([O-])c1ccc([N+](=O)[O-])cc1C(=O)Nc1ccc(Cl)cc1. The number of hydrogen-bond donors (Lipinski definition) is 1. The largest absolute Gasteiger partial charge is 0.545 e. The molecular formula is C14H8ClN2O5-. The summed E-state index contributed by atoms with van der Waals surface area (Å²) >= 11 is 5.71. The minimum absolute atomic E-state index is 0.357. The van der Waals surface area contributed by atoms with Gasteiger partial charge in [-0.3, -0.25) is 14.9 Å². The highest BCUT2D eigenvalue weighted by molar-refractivity contribution is 6.30. The molecule has 0 heterocycles. The number of nitro groups is 1. The second kappa shape index (κ2) is 6.23. The molecule has 2 aromatic rings. The van der Waals surface area contributed by atoms with Crippen LogP contribution < -0.4 is 10.4 Å². The Morgan fingerprint density at radius 2 is 1.68 bits per heavy atom. The molecule has 0 fully saturated rings. The van der Waals surface area contributed by atoms with Gasteiger partial charge in [0.2, 0.25) is 0 Å². The van der Waals surface area contributed by atoms with Gasteiger partial charge in [0, 0.05) is 28.4 Å². The van der Waals surface area contributed by atoms with E-state index in [1.165, 1.54) is 24.3 Å². The van der Waals surface area contributed by atoms with Crippen molar-refractivity contribution in [1.29, 1.82) is 0 Å². The van der Waals surface area contributed by atoms with Crippen LogP contribution in [0, 0.1) is 10.1 Å². The molecule has 0 unspecified atom stereocenters. The maximum Gasteiger partial charge on any atom is 0.270 e. The number of carboxylic acids is 1. The van der Waals surface area contributed by atoms with Crippen LogP contribution in [0.15, 0.2) is 42.5 Å². The maximum absolute atomic E-state index is 12.1. The monoisotopic (exact) mass is 319 g/mol. The van der Waals surface area contributed by atoms with Crippen LogP contribution in [-0.2, 0) is 0 Å². The van der Waals surface area contributed by atoms with Crippen molar-refractivity contribution in [3.63, 3.8) is 0 Å². The van der Waals surface area contributed by atoms with Gasteiger partial charge in [0.15, 0.2) is 0 Å². The summed E-state index contributed by atoms with van der Waals surface area (Å²) in [4.78, 5) is 33.2. The van der Waals surface area contributed by atoms with Crippen molar-refractivity contribution in [2.75, 3.05) is 5.32 Å². The lowest BCUT2D eigenvalue weighted by molar-refractivity contribution is -0.384. The number of hydrogen-bond acceptors (Lipinski definition) is 5. The molecule has 112 valence electrons. The molecule has 2 rings (SSSR count). The molecule has 1 amide bonds. The lowest BCUT2D eigenvalue weighted by atomic mass is 10.1. The van der Waals surface area contributed by atoms with Gasteiger partial charge in [-0.2, -0.15) is 0 Å². The van der Waals surface area contributed by atoms with Crippen molar-refractivity contribution in [1.82, 2.24) is 0 Å². The maximum atomic E-state index is 12.1. The Kier molecular flexibility index (Phi) is 4.38. The number of nitrogens with zero attached hydrogens (tertiary/aromatic N) is 1. The molecule has 7 nitrogen and oxygen atoms in total. The molecule has 0 radical (unpaired) electrons. The lowest BCUT2D eigenvalue weighted by Crippen LogP contribution is -2.26. The molecular weight excluding hydrogens is 312 g/mol. The van der Waals surface area contributed by atoms with Gasteiger partial charge in [-0.1, -0.05) is 11.6 Å². The highest BCUT2D eigenvalue weighted by atomic mass is 35.5. The van der Waals surface area contributed by atoms with Crippen LogP contribution in [0.25, 0.3) is 0 Å². The van der Waals surface area contributed by atoms with Gasteiger partial charge in [0.25, 0.3) is 11.6 Å². The standard InChI is InChI=1S/C14H9ClN2O5/c15-8-1-3-9(4-2-8)16-13(18)12-7-10(17(21)22)5-6-11(12)14(19)20/h1-7H,(H,16,18)(H,19,20)/p-1. The molecule has 0 spiro atoms. The van der Waals surface area contributed by atoms with Crippen LogP contribution >= 0.6 is 11.6 Å². The second-order valence-electron chi connectivity index (χ2n) is 4.24. The average molecular weight is 320 g/mol. The Balaban J connectivity index is 2.38. The van der Waals surface area contributed by atoms with E-state index >= 15 is 0 Å².